The van der Waals surface area contributed by atoms with Crippen molar-refractivity contribution in [3.05, 3.63) is 63.2 Å². The van der Waals surface area contributed by atoms with Crippen molar-refractivity contribution in [2.45, 2.75) is 135 Å². The number of aromatic hydroxyl groups is 1. The molecule has 2 aromatic carbocycles. The van der Waals surface area contributed by atoms with E-state index in [0.717, 1.165) is 22.0 Å². The number of phenols is 1. The molecule has 0 aliphatic carbocycles. The molecule has 0 bridgehead atoms. The number of hydrogen-bond donors (Lipinski definition) is 10. The van der Waals surface area contributed by atoms with E-state index in [2.05, 4.69) is 54.2 Å². The standard InChI is InChI=1S/C46H71IN10O8/c1-5-29(4)40(43(62)55-37(45(64)65)24-28(2)3)56-41(60)36(25-30-17-19-33(58)20-18-30)54-42(61)38-16-11-23-57(38)44(63)35(15-10-22-51-46(49)50)52-27-32(13-8-9-21-48)53-39(59)26-31-12-6-7-14-34(31)47/h6-7,12,14,17-20,28-29,32,35-38,40,52,58H,5,8-11,13,15-16,21-27,48H2,1-4H3,(H,53,59)(H,54,61)(H,55,62)(H,56,60)(H,64,65)(H4,49,50,51)/t29-,32-,35-,36-,37-,38-,40-/m0/s1/i47+4. The van der Waals surface area contributed by atoms with Crippen molar-refractivity contribution in [1.82, 2.24) is 31.5 Å². The third kappa shape index (κ3) is 18.8. The third-order valence-corrected chi connectivity index (χ3v) is 12.5. The minimum absolute atomic E-state index is 0.00878. The highest BCUT2D eigenvalue weighted by atomic mass is 131. The summed E-state index contributed by atoms with van der Waals surface area (Å²) in [4.78, 5) is 87.6. The van der Waals surface area contributed by atoms with Gasteiger partial charge in [-0.25, -0.2) is 4.79 Å². The summed E-state index contributed by atoms with van der Waals surface area (Å²) < 4.78 is 0.979. The number of amides is 5. The van der Waals surface area contributed by atoms with Crippen LogP contribution in [0.1, 0.15) is 96.6 Å². The number of hydrogen-bond acceptors (Lipinski definition) is 10. The SMILES string of the molecule is CC[C@H](C)[C@H](NC(=O)[C@H](Cc1ccc(O)cc1)NC(=O)[C@@H]1CCCN1C(=O)[C@H](CCCN=C(N)N)NC[C@H](CCCCN)NC(=O)Cc1ccccc1[131I])C(=O)N[C@@H](CC(C)C)C(=O)O. The third-order valence-electron chi connectivity index (χ3n) is 11.5. The van der Waals surface area contributed by atoms with Crippen LogP contribution in [0.4, 0.5) is 0 Å². The van der Waals surface area contributed by atoms with Crippen LogP contribution in [0.15, 0.2) is 53.5 Å². The van der Waals surface area contributed by atoms with E-state index in [0.29, 0.717) is 50.6 Å². The van der Waals surface area contributed by atoms with Crippen LogP contribution in [0.5, 0.6) is 5.75 Å². The van der Waals surface area contributed by atoms with Crippen molar-refractivity contribution < 1.29 is 39.0 Å². The van der Waals surface area contributed by atoms with Crippen molar-refractivity contribution >= 4 is 64.1 Å². The fourth-order valence-corrected chi connectivity index (χ4v) is 8.29. The Balaban J connectivity index is 1.86. The topological polar surface area (TPSA) is 297 Å². The number of nitrogens with two attached hydrogens (primary N) is 3. The molecule has 65 heavy (non-hydrogen) atoms. The lowest BCUT2D eigenvalue weighted by Gasteiger charge is -2.31. The molecular formula is C46H71IN10O8. The molecule has 1 aliphatic heterocycles. The lowest BCUT2D eigenvalue weighted by atomic mass is 9.96. The summed E-state index contributed by atoms with van der Waals surface area (Å²) in [5.74, 6) is -4.08. The second-order valence-corrected chi connectivity index (χ2v) is 18.4. The number of nitrogens with zero attached hydrogens (tertiary/aromatic N) is 2. The zero-order chi connectivity index (χ0) is 48.1. The maximum Gasteiger partial charge on any atom is 0.326 e. The number of phenolic OH excluding ortho intramolecular Hbond substituents is 1. The van der Waals surface area contributed by atoms with Crippen LogP contribution in [0.25, 0.3) is 0 Å². The number of guanidine groups is 1. The van der Waals surface area contributed by atoms with Crippen molar-refractivity contribution in [3.63, 3.8) is 0 Å². The fraction of sp³-hybridized carbons (Fsp3) is 0.587. The van der Waals surface area contributed by atoms with E-state index in [4.69, 9.17) is 17.2 Å². The highest BCUT2D eigenvalue weighted by molar-refractivity contribution is 14.1. The number of rotatable bonds is 28. The molecule has 0 spiro atoms. The molecule has 0 aromatic heterocycles. The van der Waals surface area contributed by atoms with E-state index in [9.17, 15) is 39.0 Å². The summed E-state index contributed by atoms with van der Waals surface area (Å²) >= 11 is 2.20. The first-order valence-electron chi connectivity index (χ1n) is 22.7. The maximum absolute atomic E-state index is 14.5. The Morgan fingerprint density at radius 2 is 1.58 bits per heavy atom. The normalized spacial score (nSPS) is 16.4. The smallest absolute Gasteiger partial charge is 0.326 e. The molecule has 5 amide bonds. The quantitative estimate of drug-likeness (QED) is 0.0254. The second kappa shape index (κ2) is 28.1. The largest absolute Gasteiger partial charge is 0.508 e. The number of benzene rings is 2. The highest BCUT2D eigenvalue weighted by Gasteiger charge is 2.39. The number of carboxylic acids is 1. The summed E-state index contributed by atoms with van der Waals surface area (Å²) in [5, 5.41) is 34.5. The molecule has 1 aliphatic rings. The summed E-state index contributed by atoms with van der Waals surface area (Å²) in [6.45, 7) is 8.60. The van der Waals surface area contributed by atoms with Gasteiger partial charge in [-0.05, 0) is 115 Å². The lowest BCUT2D eigenvalue weighted by Crippen LogP contribution is -2.60. The summed E-state index contributed by atoms with van der Waals surface area (Å²) in [6, 6.07) is 8.24. The van der Waals surface area contributed by atoms with E-state index in [1.54, 1.807) is 19.1 Å². The molecular weight excluding hydrogens is 951 g/mol. The van der Waals surface area contributed by atoms with Gasteiger partial charge < -0.3 is 58.9 Å². The van der Waals surface area contributed by atoms with E-state index in [-0.39, 0.29) is 74.4 Å². The molecule has 0 unspecified atom stereocenters. The molecule has 19 heteroatoms. The predicted molar refractivity (Wildman–Crippen MR) is 258 cm³/mol. The van der Waals surface area contributed by atoms with Crippen molar-refractivity contribution in [2.24, 2.45) is 34.0 Å². The number of carbonyl (C=O) groups excluding carboxylic acids is 5. The molecule has 18 nitrogen and oxygen atoms in total. The highest BCUT2D eigenvalue weighted by Crippen LogP contribution is 2.22. The number of carbonyl (C=O) groups is 6. The average Bonchev–Trinajstić information content (AvgIpc) is 3.76. The van der Waals surface area contributed by atoms with Gasteiger partial charge in [0.05, 0.1) is 12.5 Å². The Labute approximate surface area is 396 Å². The van der Waals surface area contributed by atoms with Gasteiger partial charge in [0, 0.05) is 35.7 Å². The minimum atomic E-state index is -1.22. The summed E-state index contributed by atoms with van der Waals surface area (Å²) in [5.41, 5.74) is 18.4. The number of nitrogens with one attached hydrogen (secondary N) is 5. The van der Waals surface area contributed by atoms with Gasteiger partial charge in [-0.1, -0.05) is 70.9 Å². The van der Waals surface area contributed by atoms with E-state index in [1.807, 2.05) is 45.0 Å². The first kappa shape index (κ1) is 54.3. The number of unbranched alkanes of at least 4 members (excludes halogenated alkanes) is 1. The Kier molecular flexibility index (Phi) is 23.5. The van der Waals surface area contributed by atoms with Gasteiger partial charge in [-0.2, -0.15) is 0 Å². The van der Waals surface area contributed by atoms with Gasteiger partial charge in [0.25, 0.3) is 0 Å². The number of carboxylic acid groups (broad SMARTS) is 1. The molecule has 360 valence electrons. The minimum Gasteiger partial charge on any atom is -0.508 e. The Bertz CT molecular complexity index is 1900. The van der Waals surface area contributed by atoms with Gasteiger partial charge in [0.1, 0.15) is 29.9 Å². The van der Waals surface area contributed by atoms with Crippen molar-refractivity contribution in [3.8, 4) is 5.75 Å². The van der Waals surface area contributed by atoms with Crippen molar-refractivity contribution in [1.29, 1.82) is 0 Å². The molecule has 2 aromatic rings. The Morgan fingerprint density at radius 3 is 2.22 bits per heavy atom. The zero-order valence-electron chi connectivity index (χ0n) is 38.2. The number of halogens is 1. The van der Waals surface area contributed by atoms with Gasteiger partial charge in [-0.3, -0.25) is 29.0 Å². The molecule has 0 radical (unpaired) electrons. The number of aliphatic imine (C=N–C) groups is 1. The van der Waals surface area contributed by atoms with Crippen molar-refractivity contribution in [2.75, 3.05) is 26.2 Å². The molecule has 13 N–H and O–H groups in total. The van der Waals surface area contributed by atoms with Crippen LogP contribution in [0, 0.1) is 15.4 Å². The van der Waals surface area contributed by atoms with Crippen LogP contribution < -0.4 is 43.8 Å². The van der Waals surface area contributed by atoms with Crippen LogP contribution in [0.3, 0.4) is 0 Å². The molecule has 7 atom stereocenters. The van der Waals surface area contributed by atoms with Crippen LogP contribution in [-0.2, 0) is 41.6 Å². The Morgan fingerprint density at radius 1 is 0.877 bits per heavy atom. The summed E-state index contributed by atoms with van der Waals surface area (Å²) in [7, 11) is 0. The second-order valence-electron chi connectivity index (χ2n) is 17.2. The summed E-state index contributed by atoms with van der Waals surface area (Å²) in [6.07, 6.45) is 4.57. The first-order chi connectivity index (χ1) is 30.9. The van der Waals surface area contributed by atoms with Crippen LogP contribution in [0.2, 0.25) is 0 Å². The molecule has 0 saturated carbocycles. The van der Waals surface area contributed by atoms with Crippen LogP contribution >= 0.6 is 22.6 Å². The molecule has 1 heterocycles. The molecule has 1 fully saturated rings. The zero-order valence-corrected chi connectivity index (χ0v) is 40.4. The van der Waals surface area contributed by atoms with Gasteiger partial charge in [0.15, 0.2) is 5.96 Å². The fourth-order valence-electron chi connectivity index (χ4n) is 7.71. The van der Waals surface area contributed by atoms with Gasteiger partial charge in [0.2, 0.25) is 29.5 Å². The Hall–Kier alpha value is -5.02. The monoisotopic (exact) mass is 1020 g/mol. The molecule has 3 rings (SSSR count). The maximum atomic E-state index is 14.5. The average molecular weight is 1020 g/mol. The van der Waals surface area contributed by atoms with E-state index in [1.165, 1.54) is 17.0 Å². The number of likely N-dealkylation sites (tertiary alicyclic amines) is 1. The lowest BCUT2D eigenvalue weighted by molar-refractivity contribution is -0.143. The number of aliphatic carboxylic acids is 1. The molecule has 1 saturated heterocycles. The van der Waals surface area contributed by atoms with Gasteiger partial charge in [-0.15, -0.1) is 0 Å². The predicted octanol–water partition coefficient (Wildman–Crippen LogP) is 2.03. The van der Waals surface area contributed by atoms with Crippen LogP contribution in [-0.4, -0.2) is 119 Å². The van der Waals surface area contributed by atoms with E-state index < -0.39 is 59.8 Å². The first-order valence-corrected chi connectivity index (χ1v) is 23.8. The van der Waals surface area contributed by atoms with Gasteiger partial charge >= 0.3 is 5.97 Å². The van der Waals surface area contributed by atoms with E-state index >= 15 is 0 Å².